The molecule has 14 heavy (non-hydrogen) atoms. The number of aryl methyl sites for hydroxylation is 2. The van der Waals surface area contributed by atoms with Crippen molar-refractivity contribution in [3.63, 3.8) is 0 Å². The van der Waals surface area contributed by atoms with Crippen molar-refractivity contribution >= 4 is 0 Å². The lowest BCUT2D eigenvalue weighted by molar-refractivity contribution is 1.04. The first kappa shape index (κ1) is 8.74. The lowest BCUT2D eigenvalue weighted by atomic mass is 10.3. The molecule has 0 radical (unpaired) electrons. The van der Waals surface area contributed by atoms with Gasteiger partial charge in [0.15, 0.2) is 5.82 Å². The normalized spacial score (nSPS) is 10.1. The Kier molecular flexibility index (Phi) is 2.18. The summed E-state index contributed by atoms with van der Waals surface area (Å²) in [7, 11) is 0. The maximum absolute atomic E-state index is 4.19. The van der Waals surface area contributed by atoms with E-state index in [1.165, 1.54) is 0 Å². The number of aromatic nitrogens is 4. The first-order valence-corrected chi connectivity index (χ1v) is 4.33. The summed E-state index contributed by atoms with van der Waals surface area (Å²) in [6, 6.07) is 0. The molecule has 0 aliphatic carbocycles. The Morgan fingerprint density at radius 3 is 1.93 bits per heavy atom. The van der Waals surface area contributed by atoms with Gasteiger partial charge in [-0.15, -0.1) is 0 Å². The molecule has 0 aromatic carbocycles. The van der Waals surface area contributed by atoms with E-state index in [9.17, 15) is 0 Å². The first-order chi connectivity index (χ1) is 6.75. The molecule has 0 aliphatic rings. The molecule has 0 amide bonds. The van der Waals surface area contributed by atoms with Crippen LogP contribution in [0.1, 0.15) is 11.4 Å². The van der Waals surface area contributed by atoms with Crippen LogP contribution >= 0.6 is 0 Å². The largest absolute Gasteiger partial charge is 0.241 e. The zero-order valence-electron chi connectivity index (χ0n) is 8.10. The number of rotatable bonds is 1. The Morgan fingerprint density at radius 1 is 0.786 bits per heavy atom. The molecule has 0 atom stereocenters. The van der Waals surface area contributed by atoms with Gasteiger partial charge in [-0.05, 0) is 19.4 Å². The molecule has 0 N–H and O–H groups in total. The van der Waals surface area contributed by atoms with Gasteiger partial charge in [-0.1, -0.05) is 0 Å². The molecule has 2 rings (SSSR count). The lowest BCUT2D eigenvalue weighted by Gasteiger charge is -1.98. The van der Waals surface area contributed by atoms with Crippen molar-refractivity contribution < 1.29 is 0 Å². The maximum Gasteiger partial charge on any atom is 0.162 e. The molecule has 70 valence electrons. The molecule has 2 aromatic heterocycles. The van der Waals surface area contributed by atoms with Gasteiger partial charge in [0.1, 0.15) is 5.82 Å². The average Bonchev–Trinajstić information content (AvgIpc) is 2.21. The van der Waals surface area contributed by atoms with Gasteiger partial charge < -0.3 is 0 Å². The predicted octanol–water partition coefficient (Wildman–Crippen LogP) is 1.55. The molecule has 0 fully saturated rings. The standard InChI is InChI=1S/C10H10N4/c1-7-3-13-10(14-4-7)9-5-11-8(2)12-6-9/h3-6H,1-2H3. The second-order valence-corrected chi connectivity index (χ2v) is 3.10. The number of nitrogens with zero attached hydrogens (tertiary/aromatic N) is 4. The summed E-state index contributed by atoms with van der Waals surface area (Å²) in [5.41, 5.74) is 1.89. The highest BCUT2D eigenvalue weighted by atomic mass is 14.9. The van der Waals surface area contributed by atoms with Crippen LogP contribution in [0.25, 0.3) is 11.4 Å². The van der Waals surface area contributed by atoms with E-state index in [1.54, 1.807) is 24.8 Å². The molecule has 0 bridgehead atoms. The van der Waals surface area contributed by atoms with Crippen molar-refractivity contribution in [2.45, 2.75) is 13.8 Å². The van der Waals surface area contributed by atoms with Crippen LogP contribution in [0.2, 0.25) is 0 Å². The highest BCUT2D eigenvalue weighted by Crippen LogP contribution is 2.10. The van der Waals surface area contributed by atoms with Crippen LogP contribution in [0.4, 0.5) is 0 Å². The smallest absolute Gasteiger partial charge is 0.162 e. The number of hydrogen-bond donors (Lipinski definition) is 0. The summed E-state index contributed by atoms with van der Waals surface area (Å²) in [6.45, 7) is 3.80. The van der Waals surface area contributed by atoms with Crippen molar-refractivity contribution in [1.82, 2.24) is 19.9 Å². The van der Waals surface area contributed by atoms with Crippen LogP contribution in [0.3, 0.4) is 0 Å². The zero-order valence-corrected chi connectivity index (χ0v) is 8.10. The van der Waals surface area contributed by atoms with Gasteiger partial charge >= 0.3 is 0 Å². The van der Waals surface area contributed by atoms with E-state index in [0.29, 0.717) is 5.82 Å². The quantitative estimate of drug-likeness (QED) is 0.678. The third-order valence-electron chi connectivity index (χ3n) is 1.82. The summed E-state index contributed by atoms with van der Waals surface area (Å²) in [5, 5.41) is 0. The number of hydrogen-bond acceptors (Lipinski definition) is 4. The van der Waals surface area contributed by atoms with E-state index in [4.69, 9.17) is 0 Å². The topological polar surface area (TPSA) is 51.6 Å². The van der Waals surface area contributed by atoms with E-state index in [0.717, 1.165) is 17.0 Å². The summed E-state index contributed by atoms with van der Waals surface area (Å²) < 4.78 is 0. The highest BCUT2D eigenvalue weighted by Gasteiger charge is 2.00. The maximum atomic E-state index is 4.19. The summed E-state index contributed by atoms with van der Waals surface area (Å²) in [6.07, 6.45) is 7.02. The molecule has 4 nitrogen and oxygen atoms in total. The minimum Gasteiger partial charge on any atom is -0.241 e. The third-order valence-corrected chi connectivity index (χ3v) is 1.82. The van der Waals surface area contributed by atoms with Crippen LogP contribution in [-0.2, 0) is 0 Å². The Bertz CT molecular complexity index is 375. The first-order valence-electron chi connectivity index (χ1n) is 4.33. The van der Waals surface area contributed by atoms with E-state index in [2.05, 4.69) is 19.9 Å². The molecular formula is C10H10N4. The fraction of sp³-hybridized carbons (Fsp3) is 0.200. The van der Waals surface area contributed by atoms with Gasteiger partial charge in [-0.2, -0.15) is 0 Å². The molecule has 0 saturated heterocycles. The Morgan fingerprint density at radius 2 is 1.36 bits per heavy atom. The van der Waals surface area contributed by atoms with Crippen molar-refractivity contribution in [2.24, 2.45) is 0 Å². The Labute approximate surface area is 82.1 Å². The lowest BCUT2D eigenvalue weighted by Crippen LogP contribution is -1.92. The second kappa shape index (κ2) is 3.49. The van der Waals surface area contributed by atoms with Crippen molar-refractivity contribution in [2.75, 3.05) is 0 Å². The third kappa shape index (κ3) is 1.74. The van der Waals surface area contributed by atoms with Crippen LogP contribution in [-0.4, -0.2) is 19.9 Å². The average molecular weight is 186 g/mol. The van der Waals surface area contributed by atoms with Crippen molar-refractivity contribution in [1.29, 1.82) is 0 Å². The molecule has 2 heterocycles. The molecule has 2 aromatic rings. The van der Waals surface area contributed by atoms with Gasteiger partial charge in [0.05, 0.1) is 5.56 Å². The summed E-state index contributed by atoms with van der Waals surface area (Å²) in [5.74, 6) is 1.41. The fourth-order valence-corrected chi connectivity index (χ4v) is 1.05. The van der Waals surface area contributed by atoms with Gasteiger partial charge in [0, 0.05) is 24.8 Å². The van der Waals surface area contributed by atoms with Crippen molar-refractivity contribution in [3.8, 4) is 11.4 Å². The zero-order chi connectivity index (χ0) is 9.97. The summed E-state index contributed by atoms with van der Waals surface area (Å²) in [4.78, 5) is 16.5. The summed E-state index contributed by atoms with van der Waals surface area (Å²) >= 11 is 0. The fourth-order valence-electron chi connectivity index (χ4n) is 1.05. The van der Waals surface area contributed by atoms with Crippen LogP contribution < -0.4 is 0 Å². The second-order valence-electron chi connectivity index (χ2n) is 3.10. The van der Waals surface area contributed by atoms with E-state index in [1.807, 2.05) is 13.8 Å². The molecule has 0 unspecified atom stereocenters. The minimum absolute atomic E-state index is 0.663. The minimum atomic E-state index is 0.663. The van der Waals surface area contributed by atoms with Gasteiger partial charge in [0.2, 0.25) is 0 Å². The monoisotopic (exact) mass is 186 g/mol. The molecule has 0 saturated carbocycles. The van der Waals surface area contributed by atoms with Gasteiger partial charge in [-0.3, -0.25) is 0 Å². The van der Waals surface area contributed by atoms with Crippen LogP contribution in [0, 0.1) is 13.8 Å². The SMILES string of the molecule is Cc1cnc(-c2cnc(C)nc2)nc1. The molecule has 4 heteroatoms. The van der Waals surface area contributed by atoms with Crippen LogP contribution in [0.15, 0.2) is 24.8 Å². The Balaban J connectivity index is 2.40. The van der Waals surface area contributed by atoms with Crippen LogP contribution in [0.5, 0.6) is 0 Å². The molecule has 0 spiro atoms. The molecule has 0 aliphatic heterocycles. The highest BCUT2D eigenvalue weighted by molar-refractivity contribution is 5.51. The van der Waals surface area contributed by atoms with E-state index < -0.39 is 0 Å². The Hall–Kier alpha value is -1.84. The van der Waals surface area contributed by atoms with Gasteiger partial charge in [0.25, 0.3) is 0 Å². The van der Waals surface area contributed by atoms with E-state index in [-0.39, 0.29) is 0 Å². The van der Waals surface area contributed by atoms with Gasteiger partial charge in [-0.25, -0.2) is 19.9 Å². The molecular weight excluding hydrogens is 176 g/mol. The van der Waals surface area contributed by atoms with E-state index >= 15 is 0 Å². The van der Waals surface area contributed by atoms with Crippen molar-refractivity contribution in [3.05, 3.63) is 36.2 Å². The predicted molar refractivity (Wildman–Crippen MR) is 52.5 cm³/mol.